The Labute approximate surface area is 222 Å². The lowest BCUT2D eigenvalue weighted by Crippen LogP contribution is -2.51. The zero-order chi connectivity index (χ0) is 26.8. The molecule has 0 aliphatic heterocycles. The van der Waals surface area contributed by atoms with Crippen molar-refractivity contribution in [3.05, 3.63) is 23.5 Å². The van der Waals surface area contributed by atoms with E-state index in [-0.39, 0.29) is 76.0 Å². The molecule has 0 radical (unpaired) electrons. The van der Waals surface area contributed by atoms with Crippen LogP contribution in [0.25, 0.3) is 0 Å². The number of hydrogen-bond donors (Lipinski definition) is 3. The largest absolute Gasteiger partial charge is 0.496 e. The number of carbonyl (C=O) groups excluding carboxylic acids is 2. The summed E-state index contributed by atoms with van der Waals surface area (Å²) in [7, 11) is 1.39. The van der Waals surface area contributed by atoms with Crippen molar-refractivity contribution < 1.29 is 33.4 Å². The molecule has 5 aliphatic carbocycles. The van der Waals surface area contributed by atoms with Gasteiger partial charge >= 0.3 is 5.97 Å². The van der Waals surface area contributed by atoms with E-state index in [4.69, 9.17) is 9.47 Å². The number of benzene rings is 1. The number of carboxylic acid groups (broad SMARTS) is 1. The van der Waals surface area contributed by atoms with E-state index in [1.807, 2.05) is 0 Å². The SMILES string of the molecule is COc1cc(F)c(OC2C[C@@H]3C(C(=O)O)[C@@H]3C2)cc1C(=O)N[C@@H]1[C@H]2CC[C@H](C2)[C@@H]1C(=O)NCC1(C)CCC1. The average molecular weight is 529 g/mol. The quantitative estimate of drug-likeness (QED) is 0.450. The maximum atomic E-state index is 14.9. The van der Waals surface area contributed by atoms with Gasteiger partial charge in [-0.15, -0.1) is 0 Å². The molecule has 1 aromatic carbocycles. The molecule has 5 aliphatic rings. The van der Waals surface area contributed by atoms with Crippen LogP contribution in [-0.2, 0) is 9.59 Å². The maximum absolute atomic E-state index is 14.9. The Bertz CT molecular complexity index is 1140. The fourth-order valence-electron chi connectivity index (χ4n) is 7.89. The molecule has 6 rings (SSSR count). The molecule has 206 valence electrons. The fraction of sp³-hybridized carbons (Fsp3) is 0.690. The van der Waals surface area contributed by atoms with E-state index >= 15 is 0 Å². The van der Waals surface area contributed by atoms with Crippen LogP contribution in [0, 0.1) is 46.7 Å². The summed E-state index contributed by atoms with van der Waals surface area (Å²) in [5, 5.41) is 15.5. The summed E-state index contributed by atoms with van der Waals surface area (Å²) in [4.78, 5) is 38.0. The molecule has 0 heterocycles. The molecule has 1 aromatic rings. The molecule has 5 saturated carbocycles. The van der Waals surface area contributed by atoms with Crippen molar-refractivity contribution in [2.24, 2.45) is 40.9 Å². The van der Waals surface area contributed by atoms with Crippen LogP contribution >= 0.6 is 0 Å². The van der Waals surface area contributed by atoms with Gasteiger partial charge in [0.2, 0.25) is 5.91 Å². The van der Waals surface area contributed by atoms with Gasteiger partial charge in [0.25, 0.3) is 5.91 Å². The maximum Gasteiger partial charge on any atom is 0.307 e. The molecule has 8 atom stereocenters. The van der Waals surface area contributed by atoms with Crippen molar-refractivity contribution in [2.45, 2.75) is 70.4 Å². The Balaban J connectivity index is 1.15. The molecule has 2 amide bonds. The number of nitrogens with one attached hydrogen (secondary N) is 2. The Kier molecular flexibility index (Phi) is 6.30. The van der Waals surface area contributed by atoms with Gasteiger partial charge in [-0.25, -0.2) is 4.39 Å². The summed E-state index contributed by atoms with van der Waals surface area (Å²) >= 11 is 0. The highest BCUT2D eigenvalue weighted by Gasteiger charge is 2.60. The summed E-state index contributed by atoms with van der Waals surface area (Å²) < 4.78 is 26.1. The topological polar surface area (TPSA) is 114 Å². The monoisotopic (exact) mass is 528 g/mol. The molecule has 9 heteroatoms. The zero-order valence-electron chi connectivity index (χ0n) is 22.0. The molecule has 8 nitrogen and oxygen atoms in total. The molecule has 3 N–H and O–H groups in total. The molecule has 5 fully saturated rings. The molecule has 38 heavy (non-hydrogen) atoms. The van der Waals surface area contributed by atoms with Crippen LogP contribution in [0.3, 0.4) is 0 Å². The molecular formula is C29H37FN2O6. The molecule has 2 bridgehead atoms. The predicted octanol–water partition coefficient (Wildman–Crippen LogP) is 3.77. The molecule has 0 aromatic heterocycles. The number of halogens is 1. The fourth-order valence-corrected chi connectivity index (χ4v) is 7.89. The second kappa shape index (κ2) is 9.42. The first-order valence-corrected chi connectivity index (χ1v) is 14.0. The average Bonchev–Trinajstić information content (AvgIpc) is 3.21. The van der Waals surface area contributed by atoms with E-state index in [9.17, 15) is 23.9 Å². The van der Waals surface area contributed by atoms with Crippen molar-refractivity contribution in [3.63, 3.8) is 0 Å². The number of rotatable bonds is 9. The first-order valence-electron chi connectivity index (χ1n) is 14.0. The number of hydrogen-bond acceptors (Lipinski definition) is 5. The van der Waals surface area contributed by atoms with Gasteiger partial charge in [-0.1, -0.05) is 13.3 Å². The first kappa shape index (κ1) is 25.4. The minimum atomic E-state index is -0.780. The third-order valence-electron chi connectivity index (χ3n) is 10.2. The van der Waals surface area contributed by atoms with Gasteiger partial charge in [-0.05, 0) is 80.1 Å². The van der Waals surface area contributed by atoms with Gasteiger partial charge in [0.1, 0.15) is 5.75 Å². The summed E-state index contributed by atoms with van der Waals surface area (Å²) in [6.07, 6.45) is 7.21. The van der Waals surface area contributed by atoms with E-state index in [0.29, 0.717) is 19.4 Å². The standard InChI is InChI=1S/C29H37FN2O6/c1-29(6-3-7-29)13-31-27(34)23-14-4-5-15(8-14)25(23)32-26(33)19-11-22(20(30)12-21(19)37-2)38-16-9-17-18(10-16)24(17)28(35)36/h11-12,14-18,23-25H,3-10,13H2,1-2H3,(H,31,34)(H,32,33)(H,35,36)/t14-,15+,16?,17-,18+,23+,24?,25-/m1/s1. The van der Waals surface area contributed by atoms with E-state index in [1.54, 1.807) is 0 Å². The number of carbonyl (C=O) groups is 3. The van der Waals surface area contributed by atoms with E-state index in [0.717, 1.165) is 38.2 Å². The van der Waals surface area contributed by atoms with Gasteiger partial charge in [-0.3, -0.25) is 14.4 Å². The summed E-state index contributed by atoms with van der Waals surface area (Å²) in [6, 6.07) is 2.26. The van der Waals surface area contributed by atoms with Gasteiger partial charge in [0.15, 0.2) is 11.6 Å². The number of ether oxygens (including phenoxy) is 2. The van der Waals surface area contributed by atoms with Gasteiger partial charge < -0.3 is 25.2 Å². The number of fused-ring (bicyclic) bond motifs is 3. The minimum Gasteiger partial charge on any atom is -0.496 e. The third kappa shape index (κ3) is 4.41. The lowest BCUT2D eigenvalue weighted by atomic mass is 9.70. The van der Waals surface area contributed by atoms with E-state index in [2.05, 4.69) is 17.6 Å². The summed E-state index contributed by atoms with van der Waals surface area (Å²) in [6.45, 7) is 2.87. The van der Waals surface area contributed by atoms with Crippen LogP contribution in [0.4, 0.5) is 4.39 Å². The predicted molar refractivity (Wildman–Crippen MR) is 135 cm³/mol. The second-order valence-electron chi connectivity index (χ2n) is 12.6. The smallest absolute Gasteiger partial charge is 0.307 e. The lowest BCUT2D eigenvalue weighted by molar-refractivity contribution is -0.139. The van der Waals surface area contributed by atoms with Crippen LogP contribution in [0.2, 0.25) is 0 Å². The van der Waals surface area contributed by atoms with Crippen molar-refractivity contribution >= 4 is 17.8 Å². The Morgan fingerprint density at radius 3 is 2.39 bits per heavy atom. The zero-order valence-corrected chi connectivity index (χ0v) is 22.0. The Morgan fingerprint density at radius 1 is 1.05 bits per heavy atom. The highest BCUT2D eigenvalue weighted by atomic mass is 19.1. The number of amides is 2. The first-order chi connectivity index (χ1) is 18.2. The normalized spacial score (nSPS) is 35.7. The summed E-state index contributed by atoms with van der Waals surface area (Å²) in [5.41, 5.74) is 0.345. The summed E-state index contributed by atoms with van der Waals surface area (Å²) in [5.74, 6) is -1.66. The Morgan fingerprint density at radius 2 is 1.76 bits per heavy atom. The van der Waals surface area contributed by atoms with Crippen LogP contribution < -0.4 is 20.1 Å². The van der Waals surface area contributed by atoms with Gasteiger partial charge in [-0.2, -0.15) is 0 Å². The van der Waals surface area contributed by atoms with E-state index in [1.165, 1.54) is 19.6 Å². The molecule has 0 saturated heterocycles. The molecule has 0 spiro atoms. The van der Waals surface area contributed by atoms with Crippen LogP contribution in [0.15, 0.2) is 12.1 Å². The second-order valence-corrected chi connectivity index (χ2v) is 12.6. The third-order valence-corrected chi connectivity index (χ3v) is 10.2. The number of aliphatic carboxylic acids is 1. The van der Waals surface area contributed by atoms with Crippen molar-refractivity contribution in [3.8, 4) is 11.5 Å². The van der Waals surface area contributed by atoms with Gasteiger partial charge in [0, 0.05) is 18.7 Å². The van der Waals surface area contributed by atoms with Crippen molar-refractivity contribution in [1.29, 1.82) is 0 Å². The van der Waals surface area contributed by atoms with Gasteiger partial charge in [0.05, 0.1) is 30.6 Å². The van der Waals surface area contributed by atoms with E-state index < -0.39 is 17.7 Å². The highest BCUT2D eigenvalue weighted by molar-refractivity contribution is 5.98. The van der Waals surface area contributed by atoms with Crippen LogP contribution in [0.1, 0.15) is 68.6 Å². The lowest BCUT2D eigenvalue weighted by Gasteiger charge is -2.39. The van der Waals surface area contributed by atoms with Crippen molar-refractivity contribution in [1.82, 2.24) is 10.6 Å². The number of methoxy groups -OCH3 is 1. The molecule has 2 unspecified atom stereocenters. The van der Waals surface area contributed by atoms with Crippen LogP contribution in [-0.4, -0.2) is 48.7 Å². The van der Waals surface area contributed by atoms with Crippen LogP contribution in [0.5, 0.6) is 11.5 Å². The minimum absolute atomic E-state index is 0.0187. The van der Waals surface area contributed by atoms with Crippen molar-refractivity contribution in [2.75, 3.05) is 13.7 Å². The Hall–Kier alpha value is -2.84. The highest BCUT2D eigenvalue weighted by Crippen LogP contribution is 2.58. The molecular weight excluding hydrogens is 491 g/mol. The number of carboxylic acids is 1.